The Balaban J connectivity index is 1.79. The van der Waals surface area contributed by atoms with Gasteiger partial charge in [-0.05, 0) is 56.2 Å². The summed E-state index contributed by atoms with van der Waals surface area (Å²) in [5, 5.41) is 4.00. The van der Waals surface area contributed by atoms with E-state index in [0.717, 1.165) is 34.2 Å². The van der Waals surface area contributed by atoms with E-state index in [-0.39, 0.29) is 18.0 Å². The molecule has 2 aromatic carbocycles. The molecule has 0 bridgehead atoms. The Bertz CT molecular complexity index is 1510. The summed E-state index contributed by atoms with van der Waals surface area (Å²) in [5.41, 5.74) is 5.11. The largest absolute Gasteiger partial charge is 0.455 e. The van der Waals surface area contributed by atoms with Gasteiger partial charge in [0.05, 0.1) is 17.7 Å². The lowest BCUT2D eigenvalue weighted by atomic mass is 9.99. The first-order valence-electron chi connectivity index (χ1n) is 10.9. The van der Waals surface area contributed by atoms with Gasteiger partial charge in [-0.15, -0.1) is 0 Å². The first kappa shape index (κ1) is 23.7. The summed E-state index contributed by atoms with van der Waals surface area (Å²) in [5.74, 6) is 0.501. The Morgan fingerprint density at radius 1 is 1.09 bits per heavy atom. The van der Waals surface area contributed by atoms with E-state index >= 15 is 0 Å². The van der Waals surface area contributed by atoms with Crippen LogP contribution in [0.25, 0.3) is 22.3 Å². The number of sulfonamides is 1. The van der Waals surface area contributed by atoms with Crippen LogP contribution in [-0.2, 0) is 16.6 Å². The smallest absolute Gasteiger partial charge is 0.209 e. The van der Waals surface area contributed by atoms with Gasteiger partial charge in [0.25, 0.3) is 0 Å². The van der Waals surface area contributed by atoms with E-state index < -0.39 is 10.0 Å². The van der Waals surface area contributed by atoms with Crippen molar-refractivity contribution in [1.82, 2.24) is 9.71 Å². The summed E-state index contributed by atoms with van der Waals surface area (Å²) in [6, 6.07) is 14.8. The van der Waals surface area contributed by atoms with Gasteiger partial charge in [-0.1, -0.05) is 24.3 Å². The van der Waals surface area contributed by atoms with Gasteiger partial charge in [-0.2, -0.15) is 0 Å². The van der Waals surface area contributed by atoms with Crippen LogP contribution in [0.2, 0.25) is 0 Å². The highest BCUT2D eigenvalue weighted by molar-refractivity contribution is 7.88. The molecule has 2 heterocycles. The number of fused-ring (bicyclic) bond motifs is 1. The first-order valence-corrected chi connectivity index (χ1v) is 12.8. The second kappa shape index (κ2) is 9.40. The van der Waals surface area contributed by atoms with E-state index in [1.807, 2.05) is 56.3 Å². The SMILES string of the molecule is Cc1cc(C(C)Nc2ccccc2CNS(C)(=O)=O)c2oc(-c3cccnc3)c(C)c(=O)c2c1. The van der Waals surface area contributed by atoms with Gasteiger partial charge in [0.1, 0.15) is 11.3 Å². The average Bonchev–Trinajstić information content (AvgIpc) is 2.80. The number of pyridine rings is 1. The quantitative estimate of drug-likeness (QED) is 0.400. The molecule has 4 rings (SSSR count). The van der Waals surface area contributed by atoms with Crippen LogP contribution in [0.4, 0.5) is 5.69 Å². The Kier molecular flexibility index (Phi) is 6.54. The number of para-hydroxylation sites is 1. The van der Waals surface area contributed by atoms with Crippen molar-refractivity contribution in [1.29, 1.82) is 0 Å². The second-order valence-corrected chi connectivity index (χ2v) is 10.3. The molecular weight excluding hydrogens is 450 g/mol. The molecule has 0 saturated carbocycles. The molecule has 34 heavy (non-hydrogen) atoms. The zero-order valence-electron chi connectivity index (χ0n) is 19.5. The van der Waals surface area contributed by atoms with Gasteiger partial charge < -0.3 is 9.73 Å². The van der Waals surface area contributed by atoms with Crippen molar-refractivity contribution < 1.29 is 12.8 Å². The maximum absolute atomic E-state index is 13.3. The standard InChI is InChI=1S/C26H27N3O4S/c1-16-12-21(18(3)29-23-10-6-5-8-19(23)15-28-34(4,31)32)26-22(13-16)24(30)17(2)25(33-26)20-9-7-11-27-14-20/h5-14,18,28-29H,15H2,1-4H3. The zero-order chi connectivity index (χ0) is 24.5. The maximum atomic E-state index is 13.3. The highest BCUT2D eigenvalue weighted by Gasteiger charge is 2.19. The topological polar surface area (TPSA) is 101 Å². The highest BCUT2D eigenvalue weighted by Crippen LogP contribution is 2.32. The van der Waals surface area contributed by atoms with Crippen molar-refractivity contribution in [3.05, 3.63) is 93.4 Å². The van der Waals surface area contributed by atoms with E-state index in [0.29, 0.717) is 22.3 Å². The third-order valence-electron chi connectivity index (χ3n) is 5.70. The molecule has 0 saturated heterocycles. The van der Waals surface area contributed by atoms with Crippen LogP contribution in [0.5, 0.6) is 0 Å². The van der Waals surface area contributed by atoms with Gasteiger partial charge in [0.2, 0.25) is 10.0 Å². The fraction of sp³-hybridized carbons (Fsp3) is 0.231. The average molecular weight is 478 g/mol. The van der Waals surface area contributed by atoms with Crippen molar-refractivity contribution in [2.75, 3.05) is 11.6 Å². The number of benzene rings is 2. The van der Waals surface area contributed by atoms with Gasteiger partial charge in [-0.25, -0.2) is 13.1 Å². The summed E-state index contributed by atoms with van der Waals surface area (Å²) < 4.78 is 32.0. The van der Waals surface area contributed by atoms with Crippen molar-refractivity contribution >= 4 is 26.7 Å². The minimum absolute atomic E-state index is 0.0741. The van der Waals surface area contributed by atoms with E-state index in [2.05, 4.69) is 15.0 Å². The highest BCUT2D eigenvalue weighted by atomic mass is 32.2. The van der Waals surface area contributed by atoms with Crippen LogP contribution in [0.15, 0.2) is 70.1 Å². The van der Waals surface area contributed by atoms with Crippen LogP contribution in [-0.4, -0.2) is 19.7 Å². The molecule has 0 aliphatic rings. The molecule has 2 aromatic heterocycles. The molecule has 0 amide bonds. The number of rotatable bonds is 7. The number of nitrogens with one attached hydrogen (secondary N) is 2. The van der Waals surface area contributed by atoms with Gasteiger partial charge in [-0.3, -0.25) is 9.78 Å². The second-order valence-electron chi connectivity index (χ2n) is 8.47. The molecule has 0 aliphatic carbocycles. The van der Waals surface area contributed by atoms with Gasteiger partial charge in [0.15, 0.2) is 5.43 Å². The molecule has 1 atom stereocenters. The monoisotopic (exact) mass is 477 g/mol. The normalized spacial score (nSPS) is 12.6. The lowest BCUT2D eigenvalue weighted by Crippen LogP contribution is -2.22. The molecule has 4 aromatic rings. The molecule has 0 fully saturated rings. The summed E-state index contributed by atoms with van der Waals surface area (Å²) >= 11 is 0. The number of hydrogen-bond acceptors (Lipinski definition) is 6. The summed E-state index contributed by atoms with van der Waals surface area (Å²) in [4.78, 5) is 17.4. The Labute approximate surface area is 198 Å². The van der Waals surface area contributed by atoms with Crippen molar-refractivity contribution in [3.63, 3.8) is 0 Å². The third kappa shape index (κ3) is 5.03. The summed E-state index contributed by atoms with van der Waals surface area (Å²) in [7, 11) is -3.33. The van der Waals surface area contributed by atoms with E-state index in [4.69, 9.17) is 4.42 Å². The van der Waals surface area contributed by atoms with Crippen LogP contribution in [0, 0.1) is 13.8 Å². The van der Waals surface area contributed by atoms with Crippen molar-refractivity contribution in [3.8, 4) is 11.3 Å². The molecule has 2 N–H and O–H groups in total. The van der Waals surface area contributed by atoms with Crippen LogP contribution in [0.1, 0.15) is 35.2 Å². The predicted octanol–water partition coefficient (Wildman–Crippen LogP) is 4.69. The number of aryl methyl sites for hydroxylation is 1. The predicted molar refractivity (Wildman–Crippen MR) is 135 cm³/mol. The minimum atomic E-state index is -3.33. The fourth-order valence-electron chi connectivity index (χ4n) is 4.00. The zero-order valence-corrected chi connectivity index (χ0v) is 20.4. The van der Waals surface area contributed by atoms with Crippen molar-refractivity contribution in [2.45, 2.75) is 33.4 Å². The molecule has 0 radical (unpaired) electrons. The minimum Gasteiger partial charge on any atom is -0.455 e. The lowest BCUT2D eigenvalue weighted by Gasteiger charge is -2.20. The van der Waals surface area contributed by atoms with Gasteiger partial charge >= 0.3 is 0 Å². The molecule has 0 aliphatic heterocycles. The molecule has 176 valence electrons. The first-order chi connectivity index (χ1) is 16.1. The fourth-order valence-corrected chi connectivity index (χ4v) is 4.41. The number of aromatic nitrogens is 1. The Hall–Kier alpha value is -3.49. The Morgan fingerprint density at radius 2 is 1.85 bits per heavy atom. The lowest BCUT2D eigenvalue weighted by molar-refractivity contribution is 0.587. The van der Waals surface area contributed by atoms with E-state index in [1.165, 1.54) is 0 Å². The number of nitrogens with zero attached hydrogens (tertiary/aromatic N) is 1. The number of hydrogen-bond donors (Lipinski definition) is 2. The summed E-state index contributed by atoms with van der Waals surface area (Å²) in [6.07, 6.45) is 4.49. The van der Waals surface area contributed by atoms with Crippen LogP contribution >= 0.6 is 0 Å². The van der Waals surface area contributed by atoms with E-state index in [1.54, 1.807) is 25.4 Å². The molecular formula is C26H27N3O4S. The molecule has 8 heteroatoms. The van der Waals surface area contributed by atoms with E-state index in [9.17, 15) is 13.2 Å². The van der Waals surface area contributed by atoms with Crippen LogP contribution < -0.4 is 15.5 Å². The summed E-state index contributed by atoms with van der Waals surface area (Å²) in [6.45, 7) is 5.87. The van der Waals surface area contributed by atoms with Gasteiger partial charge in [0, 0.05) is 41.3 Å². The molecule has 0 spiro atoms. The molecule has 7 nitrogen and oxygen atoms in total. The Morgan fingerprint density at radius 3 is 2.56 bits per heavy atom. The molecule has 1 unspecified atom stereocenters. The van der Waals surface area contributed by atoms with Crippen LogP contribution in [0.3, 0.4) is 0 Å². The number of anilines is 1. The van der Waals surface area contributed by atoms with Crippen molar-refractivity contribution in [2.24, 2.45) is 0 Å². The maximum Gasteiger partial charge on any atom is 0.209 e. The third-order valence-corrected chi connectivity index (χ3v) is 6.37.